The van der Waals surface area contributed by atoms with Crippen LogP contribution in [0.3, 0.4) is 0 Å². The first kappa shape index (κ1) is 33.9. The van der Waals surface area contributed by atoms with Crippen LogP contribution in [0.5, 0.6) is 5.75 Å². The van der Waals surface area contributed by atoms with Crippen LogP contribution in [0.2, 0.25) is 10.0 Å². The predicted molar refractivity (Wildman–Crippen MR) is 184 cm³/mol. The molecular weight excluding hydrogens is 642 g/mol. The van der Waals surface area contributed by atoms with E-state index >= 15 is 4.39 Å². The number of amides is 1. The van der Waals surface area contributed by atoms with Crippen molar-refractivity contribution in [3.63, 3.8) is 0 Å². The summed E-state index contributed by atoms with van der Waals surface area (Å²) in [6.45, 7) is 14.4. The maximum atomic E-state index is 15.8. The monoisotopic (exact) mass is 676 g/mol. The maximum Gasteiger partial charge on any atom is 0.275 e. The molecule has 1 fully saturated rings. The van der Waals surface area contributed by atoms with E-state index in [1.807, 2.05) is 39.5 Å². The number of hydrogen-bond acceptors (Lipinski definition) is 7. The van der Waals surface area contributed by atoms with Crippen LogP contribution in [-0.2, 0) is 4.79 Å². The zero-order valence-corrected chi connectivity index (χ0v) is 28.6. The number of ether oxygens (including phenoxy) is 1. The minimum Gasteiger partial charge on any atom is -0.496 e. The van der Waals surface area contributed by atoms with E-state index in [1.165, 1.54) is 30.1 Å². The second kappa shape index (κ2) is 13.3. The van der Waals surface area contributed by atoms with E-state index < -0.39 is 11.4 Å². The lowest BCUT2D eigenvalue weighted by molar-refractivity contribution is -0.126. The first-order valence-electron chi connectivity index (χ1n) is 15.2. The number of nitrogens with zero attached hydrogens (tertiary/aromatic N) is 6. The van der Waals surface area contributed by atoms with E-state index in [0.29, 0.717) is 53.3 Å². The molecular formula is C35H35Cl2FN6O3. The summed E-state index contributed by atoms with van der Waals surface area (Å²) in [6, 6.07) is 8.10. The van der Waals surface area contributed by atoms with Gasteiger partial charge in [0.1, 0.15) is 23.7 Å². The maximum absolute atomic E-state index is 15.8. The van der Waals surface area contributed by atoms with Gasteiger partial charge >= 0.3 is 0 Å². The van der Waals surface area contributed by atoms with Gasteiger partial charge in [-0.1, -0.05) is 57.5 Å². The van der Waals surface area contributed by atoms with Crippen LogP contribution in [0.4, 0.5) is 10.1 Å². The Morgan fingerprint density at radius 2 is 1.77 bits per heavy atom. The first-order chi connectivity index (χ1) is 22.4. The van der Waals surface area contributed by atoms with Crippen LogP contribution >= 0.6 is 23.2 Å². The number of fused-ring (bicyclic) bond motifs is 1. The van der Waals surface area contributed by atoms with Gasteiger partial charge in [0.15, 0.2) is 5.82 Å². The molecule has 4 aromatic rings. The number of pyridine rings is 1. The van der Waals surface area contributed by atoms with Gasteiger partial charge in [-0.3, -0.25) is 14.2 Å². The molecule has 47 heavy (non-hydrogen) atoms. The highest BCUT2D eigenvalue weighted by molar-refractivity contribution is 6.35. The standard InChI is InChI=1S/C35H35Cl2FN6O3/c1-8-28(45)42-11-12-43(20(6)16-42)33-22-13-25(37)21(29-27(47-7)10-9-24(36)30(29)38)14-26(22)44(35(46)23(33)15-39)34-31(18(2)3)40-17-41-32(34)19(4)5/h8-10,13-14,17-20H,1,11-12,16H2,2-7H3/t20-/m0/s1. The Bertz CT molecular complexity index is 1990. The molecule has 1 amide bonds. The van der Waals surface area contributed by atoms with Crippen LogP contribution in [0.15, 0.2) is 48.0 Å². The van der Waals surface area contributed by atoms with E-state index in [9.17, 15) is 14.9 Å². The average Bonchev–Trinajstić information content (AvgIpc) is 3.05. The molecule has 0 unspecified atom stereocenters. The number of nitriles is 1. The molecule has 1 aliphatic rings. The number of rotatable bonds is 7. The van der Waals surface area contributed by atoms with Crippen molar-refractivity contribution in [2.45, 2.75) is 52.5 Å². The largest absolute Gasteiger partial charge is 0.496 e. The smallest absolute Gasteiger partial charge is 0.275 e. The molecule has 1 saturated heterocycles. The highest BCUT2D eigenvalue weighted by Crippen LogP contribution is 2.44. The molecule has 9 nitrogen and oxygen atoms in total. The zero-order chi connectivity index (χ0) is 34.3. The summed E-state index contributed by atoms with van der Waals surface area (Å²) < 4.78 is 22.8. The van der Waals surface area contributed by atoms with Crippen LogP contribution in [0, 0.1) is 17.1 Å². The third-order valence-electron chi connectivity index (χ3n) is 8.49. The summed E-state index contributed by atoms with van der Waals surface area (Å²) in [6.07, 6.45) is 2.74. The van der Waals surface area contributed by atoms with Crippen molar-refractivity contribution in [3.8, 4) is 28.6 Å². The predicted octanol–water partition coefficient (Wildman–Crippen LogP) is 7.24. The van der Waals surface area contributed by atoms with E-state index in [4.69, 9.17) is 27.9 Å². The molecule has 0 aliphatic carbocycles. The third-order valence-corrected chi connectivity index (χ3v) is 9.09. The molecule has 3 heterocycles. The Balaban J connectivity index is 1.97. The summed E-state index contributed by atoms with van der Waals surface area (Å²) in [5, 5.41) is 11.1. The normalized spacial score (nSPS) is 15.0. The number of carbonyl (C=O) groups is 1. The fourth-order valence-electron chi connectivity index (χ4n) is 6.26. The fourth-order valence-corrected chi connectivity index (χ4v) is 6.68. The number of carbonyl (C=O) groups excluding carboxylic acids is 1. The number of aromatic nitrogens is 3. The lowest BCUT2D eigenvalue weighted by atomic mass is 9.97. The minimum absolute atomic E-state index is 0.0270. The average molecular weight is 678 g/mol. The molecule has 244 valence electrons. The van der Waals surface area contributed by atoms with E-state index in [2.05, 4.69) is 22.6 Å². The Morgan fingerprint density at radius 1 is 1.11 bits per heavy atom. The van der Waals surface area contributed by atoms with Gasteiger partial charge in [-0.05, 0) is 49.1 Å². The lowest BCUT2D eigenvalue weighted by Gasteiger charge is -2.41. The highest BCUT2D eigenvalue weighted by Gasteiger charge is 2.33. The van der Waals surface area contributed by atoms with Crippen molar-refractivity contribution in [2.75, 3.05) is 31.6 Å². The summed E-state index contributed by atoms with van der Waals surface area (Å²) in [5.41, 5.74) is 1.99. The Morgan fingerprint density at radius 3 is 2.32 bits per heavy atom. The van der Waals surface area contributed by atoms with Gasteiger partial charge in [-0.15, -0.1) is 0 Å². The van der Waals surface area contributed by atoms with E-state index in [0.717, 1.165) is 0 Å². The lowest BCUT2D eigenvalue weighted by Crippen LogP contribution is -2.54. The SMILES string of the molecule is C=CC(=O)N1CCN(c2c(C#N)c(=O)n(-c3c(C(C)C)ncnc3C(C)C)c3cc(-c4c(OC)ccc(Cl)c4F)c(Cl)cc23)[C@@H](C)C1. The molecule has 5 rings (SSSR count). The quantitative estimate of drug-likeness (QED) is 0.190. The molecule has 0 saturated carbocycles. The Kier molecular flexibility index (Phi) is 9.62. The molecule has 2 aromatic carbocycles. The van der Waals surface area contributed by atoms with Crippen molar-refractivity contribution >= 4 is 45.7 Å². The second-order valence-corrected chi connectivity index (χ2v) is 12.9. The molecule has 0 spiro atoms. The molecule has 0 radical (unpaired) electrons. The summed E-state index contributed by atoms with van der Waals surface area (Å²) in [5.74, 6) is -0.980. The molecule has 1 atom stereocenters. The molecule has 1 aliphatic heterocycles. The molecule has 0 bridgehead atoms. The van der Waals surface area contributed by atoms with Crippen LogP contribution in [-0.4, -0.2) is 58.1 Å². The summed E-state index contributed by atoms with van der Waals surface area (Å²) in [4.78, 5) is 40.0. The van der Waals surface area contributed by atoms with Gasteiger partial charge in [-0.2, -0.15) is 5.26 Å². The minimum atomic E-state index is -0.736. The summed E-state index contributed by atoms with van der Waals surface area (Å²) in [7, 11) is 1.41. The Hall–Kier alpha value is -4.46. The van der Waals surface area contributed by atoms with Gasteiger partial charge in [0.2, 0.25) is 5.91 Å². The molecule has 12 heteroatoms. The molecule has 2 aromatic heterocycles. The van der Waals surface area contributed by atoms with Crippen LogP contribution < -0.4 is 15.2 Å². The molecule has 0 N–H and O–H groups in total. The van der Waals surface area contributed by atoms with Gasteiger partial charge < -0.3 is 14.5 Å². The highest BCUT2D eigenvalue weighted by atomic mass is 35.5. The first-order valence-corrected chi connectivity index (χ1v) is 16.0. The fraction of sp³-hybridized carbons (Fsp3) is 0.343. The van der Waals surface area contributed by atoms with Crippen molar-refractivity contribution < 1.29 is 13.9 Å². The van der Waals surface area contributed by atoms with Gasteiger partial charge in [0.05, 0.1) is 46.0 Å². The van der Waals surface area contributed by atoms with Crippen LogP contribution in [0.1, 0.15) is 63.4 Å². The number of anilines is 1. The van der Waals surface area contributed by atoms with E-state index in [-0.39, 0.29) is 56.3 Å². The van der Waals surface area contributed by atoms with Crippen molar-refractivity contribution in [2.24, 2.45) is 0 Å². The Labute approximate surface area is 282 Å². The van der Waals surface area contributed by atoms with Crippen molar-refractivity contribution in [3.05, 3.63) is 86.4 Å². The second-order valence-electron chi connectivity index (χ2n) is 12.1. The van der Waals surface area contributed by atoms with Gasteiger partial charge in [0.25, 0.3) is 5.56 Å². The topological polar surface area (TPSA) is 104 Å². The van der Waals surface area contributed by atoms with Crippen LogP contribution in [0.25, 0.3) is 27.7 Å². The van der Waals surface area contributed by atoms with Crippen molar-refractivity contribution in [1.29, 1.82) is 5.26 Å². The third kappa shape index (κ3) is 5.83. The number of hydrogen-bond donors (Lipinski definition) is 0. The number of piperazine rings is 1. The van der Waals surface area contributed by atoms with Crippen molar-refractivity contribution in [1.82, 2.24) is 19.4 Å². The van der Waals surface area contributed by atoms with Gasteiger partial charge in [-0.25, -0.2) is 14.4 Å². The van der Waals surface area contributed by atoms with E-state index in [1.54, 1.807) is 23.1 Å². The summed E-state index contributed by atoms with van der Waals surface area (Å²) >= 11 is 13.2. The zero-order valence-electron chi connectivity index (χ0n) is 27.1. The number of methoxy groups -OCH3 is 1. The number of benzene rings is 2. The number of halogens is 3. The van der Waals surface area contributed by atoms with Gasteiger partial charge in [0, 0.05) is 41.6 Å².